The molecule has 2 spiro atoms. The van der Waals surface area contributed by atoms with Crippen molar-refractivity contribution in [2.24, 2.45) is 10.8 Å². The molecule has 0 radical (unpaired) electrons. The van der Waals surface area contributed by atoms with E-state index in [2.05, 4.69) is 4.90 Å². The maximum atomic E-state index is 13.2. The van der Waals surface area contributed by atoms with Gasteiger partial charge in [-0.2, -0.15) is 13.2 Å². The molecule has 0 amide bonds. The fourth-order valence-corrected chi connectivity index (χ4v) is 7.73. The molecule has 1 N–H and O–H groups in total. The first-order chi connectivity index (χ1) is 16.2. The Bertz CT molecular complexity index is 848. The van der Waals surface area contributed by atoms with Gasteiger partial charge in [-0.3, -0.25) is 9.69 Å². The number of rotatable bonds is 4. The number of hydrogen-bond acceptors (Lipinski definition) is 3. The fraction of sp³-hybridized carbons (Fsp3) is 0.741. The van der Waals surface area contributed by atoms with Gasteiger partial charge in [0, 0.05) is 19.1 Å². The van der Waals surface area contributed by atoms with Crippen LogP contribution in [0.4, 0.5) is 13.2 Å². The highest BCUT2D eigenvalue weighted by molar-refractivity contribution is 5.67. The topological polar surface area (TPSA) is 49.8 Å². The van der Waals surface area contributed by atoms with Crippen LogP contribution in [-0.2, 0) is 15.7 Å². The van der Waals surface area contributed by atoms with Crippen molar-refractivity contribution in [2.45, 2.75) is 101 Å². The minimum atomic E-state index is -4.38. The molecule has 4 aliphatic rings. The van der Waals surface area contributed by atoms with Crippen molar-refractivity contribution in [3.05, 3.63) is 35.4 Å². The summed E-state index contributed by atoms with van der Waals surface area (Å²) in [6.45, 7) is 2.06. The number of nitrogens with zero attached hydrogens (tertiary/aromatic N) is 1. The molecule has 1 aromatic rings. The van der Waals surface area contributed by atoms with Crippen LogP contribution in [0.25, 0.3) is 0 Å². The van der Waals surface area contributed by atoms with E-state index < -0.39 is 29.9 Å². The molecule has 4 fully saturated rings. The van der Waals surface area contributed by atoms with Crippen molar-refractivity contribution in [2.75, 3.05) is 13.1 Å². The van der Waals surface area contributed by atoms with Gasteiger partial charge in [0.15, 0.2) is 0 Å². The first-order valence-electron chi connectivity index (χ1n) is 13.0. The van der Waals surface area contributed by atoms with Gasteiger partial charge in [0.1, 0.15) is 0 Å². The molecule has 0 bridgehead atoms. The van der Waals surface area contributed by atoms with Crippen LogP contribution in [0.1, 0.15) is 94.3 Å². The molecule has 2 aliphatic carbocycles. The number of ether oxygens (including phenoxy) is 1. The number of carboxylic acids is 1. The Morgan fingerprint density at radius 1 is 0.971 bits per heavy atom. The Morgan fingerprint density at radius 2 is 1.53 bits per heavy atom. The number of aliphatic carboxylic acids is 1. The van der Waals surface area contributed by atoms with E-state index >= 15 is 0 Å². The van der Waals surface area contributed by atoms with Crippen LogP contribution in [-0.4, -0.2) is 41.2 Å². The molecule has 7 heteroatoms. The molecule has 2 aliphatic heterocycles. The van der Waals surface area contributed by atoms with E-state index in [0.29, 0.717) is 17.3 Å². The Hall–Kier alpha value is -1.60. The van der Waals surface area contributed by atoms with Crippen molar-refractivity contribution < 1.29 is 27.8 Å². The third kappa shape index (κ3) is 4.88. The maximum Gasteiger partial charge on any atom is 0.416 e. The standard InChI is InChI=1S/C27H36F3NO3/c28-27(29,30)20-7-5-19(6-8-20)24-22(10-9-21(34-24)15-23(32)33)31-17-25(11-1-2-12-25)16-26(18-31)13-3-4-14-26/h5-8,21-22,24H,1-4,9-18H2,(H,32,33)/t21-,22+,24-/m0/s1. The molecule has 2 heterocycles. The minimum absolute atomic E-state index is 0.0667. The molecule has 2 saturated carbocycles. The lowest BCUT2D eigenvalue weighted by Gasteiger charge is -2.54. The second-order valence-corrected chi connectivity index (χ2v) is 11.5. The molecular formula is C27H36F3NO3. The average molecular weight is 480 g/mol. The van der Waals surface area contributed by atoms with Crippen LogP contribution in [0.2, 0.25) is 0 Å². The lowest BCUT2D eigenvalue weighted by atomic mass is 9.65. The maximum absolute atomic E-state index is 13.2. The number of halogens is 3. The Kier molecular flexibility index (Phi) is 6.47. The number of carboxylic acid groups (broad SMARTS) is 1. The van der Waals surface area contributed by atoms with Gasteiger partial charge in [-0.1, -0.05) is 37.8 Å². The van der Waals surface area contributed by atoms with Crippen molar-refractivity contribution in [1.82, 2.24) is 4.90 Å². The zero-order chi connectivity index (χ0) is 24.0. The summed E-state index contributed by atoms with van der Waals surface area (Å²) < 4.78 is 45.9. The molecule has 4 nitrogen and oxygen atoms in total. The smallest absolute Gasteiger partial charge is 0.416 e. The van der Waals surface area contributed by atoms with Gasteiger partial charge >= 0.3 is 12.1 Å². The number of benzene rings is 1. The largest absolute Gasteiger partial charge is 0.481 e. The molecule has 1 aromatic carbocycles. The normalized spacial score (nSPS) is 31.3. The second kappa shape index (κ2) is 9.12. The van der Waals surface area contributed by atoms with Crippen molar-refractivity contribution >= 4 is 5.97 Å². The first-order valence-corrected chi connectivity index (χ1v) is 13.0. The van der Waals surface area contributed by atoms with E-state index in [1.54, 1.807) is 0 Å². The first kappa shape index (κ1) is 24.1. The third-order valence-corrected chi connectivity index (χ3v) is 9.07. The number of carbonyl (C=O) groups is 1. The highest BCUT2D eigenvalue weighted by Crippen LogP contribution is 2.57. The minimum Gasteiger partial charge on any atom is -0.481 e. The molecule has 188 valence electrons. The predicted molar refractivity (Wildman–Crippen MR) is 122 cm³/mol. The van der Waals surface area contributed by atoms with Gasteiger partial charge in [-0.25, -0.2) is 0 Å². The summed E-state index contributed by atoms with van der Waals surface area (Å²) in [5, 5.41) is 9.33. The van der Waals surface area contributed by atoms with Crippen LogP contribution in [0, 0.1) is 10.8 Å². The highest BCUT2D eigenvalue weighted by Gasteiger charge is 2.52. The molecule has 0 aromatic heterocycles. The Balaban J connectivity index is 1.44. The predicted octanol–water partition coefficient (Wildman–Crippen LogP) is 6.60. The SMILES string of the molecule is O=C(O)C[C@@H]1CC[C@@H](N2CC3(CCCC3)CC3(CCCC3)C2)[C@H](c2ccc(C(F)(F)F)cc2)O1. The number of hydrogen-bond donors (Lipinski definition) is 1. The van der Waals surface area contributed by atoms with Gasteiger partial charge < -0.3 is 9.84 Å². The van der Waals surface area contributed by atoms with Gasteiger partial charge in [-0.05, 0) is 73.5 Å². The van der Waals surface area contributed by atoms with Gasteiger partial charge in [-0.15, -0.1) is 0 Å². The summed E-state index contributed by atoms with van der Waals surface area (Å²) >= 11 is 0. The molecule has 5 rings (SSSR count). The summed E-state index contributed by atoms with van der Waals surface area (Å²) in [6, 6.07) is 5.39. The van der Waals surface area contributed by atoms with Crippen molar-refractivity contribution in [3.63, 3.8) is 0 Å². The van der Waals surface area contributed by atoms with Crippen molar-refractivity contribution in [1.29, 1.82) is 0 Å². The fourth-order valence-electron chi connectivity index (χ4n) is 7.73. The van der Waals surface area contributed by atoms with Gasteiger partial charge in [0.2, 0.25) is 0 Å². The molecule has 0 unspecified atom stereocenters. The number of likely N-dealkylation sites (tertiary alicyclic amines) is 1. The summed E-state index contributed by atoms with van der Waals surface area (Å²) in [6.07, 6.45) is 7.75. The summed E-state index contributed by atoms with van der Waals surface area (Å²) in [5.41, 5.74) is 0.759. The van der Waals surface area contributed by atoms with Crippen LogP contribution in [0.3, 0.4) is 0 Å². The number of alkyl halides is 3. The van der Waals surface area contributed by atoms with E-state index in [-0.39, 0.29) is 12.5 Å². The van der Waals surface area contributed by atoms with E-state index in [1.807, 2.05) is 0 Å². The molecule has 3 atom stereocenters. The van der Waals surface area contributed by atoms with E-state index in [1.165, 1.54) is 69.9 Å². The lowest BCUT2D eigenvalue weighted by molar-refractivity contribution is -0.152. The lowest BCUT2D eigenvalue weighted by Crippen LogP contribution is -2.57. The average Bonchev–Trinajstić information content (AvgIpc) is 3.42. The van der Waals surface area contributed by atoms with Crippen LogP contribution < -0.4 is 0 Å². The van der Waals surface area contributed by atoms with Crippen molar-refractivity contribution in [3.8, 4) is 0 Å². The Morgan fingerprint density at radius 3 is 2.03 bits per heavy atom. The number of piperidine rings is 1. The van der Waals surface area contributed by atoms with E-state index in [0.717, 1.165) is 37.2 Å². The molecule has 2 saturated heterocycles. The summed E-state index contributed by atoms with van der Waals surface area (Å²) in [4.78, 5) is 14.0. The summed E-state index contributed by atoms with van der Waals surface area (Å²) in [7, 11) is 0. The monoisotopic (exact) mass is 479 g/mol. The second-order valence-electron chi connectivity index (χ2n) is 11.5. The van der Waals surface area contributed by atoms with Gasteiger partial charge in [0.05, 0.1) is 24.2 Å². The molecule has 34 heavy (non-hydrogen) atoms. The van der Waals surface area contributed by atoms with E-state index in [9.17, 15) is 23.1 Å². The van der Waals surface area contributed by atoms with Crippen LogP contribution in [0.5, 0.6) is 0 Å². The zero-order valence-electron chi connectivity index (χ0n) is 19.8. The van der Waals surface area contributed by atoms with Crippen LogP contribution in [0.15, 0.2) is 24.3 Å². The van der Waals surface area contributed by atoms with Gasteiger partial charge in [0.25, 0.3) is 0 Å². The Labute approximate surface area is 199 Å². The van der Waals surface area contributed by atoms with Crippen LogP contribution >= 0.6 is 0 Å². The van der Waals surface area contributed by atoms with E-state index in [4.69, 9.17) is 4.74 Å². The quantitative estimate of drug-likeness (QED) is 0.529. The molecular weight excluding hydrogens is 443 g/mol. The zero-order valence-corrected chi connectivity index (χ0v) is 19.8. The summed E-state index contributed by atoms with van der Waals surface area (Å²) in [5.74, 6) is -0.901. The highest BCUT2D eigenvalue weighted by atomic mass is 19.4. The third-order valence-electron chi connectivity index (χ3n) is 9.07.